The molecule has 0 fully saturated rings. The van der Waals surface area contributed by atoms with Crippen LogP contribution >= 0.6 is 11.3 Å². The Labute approximate surface area is 123 Å². The Hall–Kier alpha value is -1.56. The fourth-order valence-corrected chi connectivity index (χ4v) is 2.78. The summed E-state index contributed by atoms with van der Waals surface area (Å²) in [6.07, 6.45) is 0.978. The minimum absolute atomic E-state index is 0.143. The number of carbonyl (C=O) groups is 2. The van der Waals surface area contributed by atoms with Crippen molar-refractivity contribution in [3.05, 3.63) is 21.9 Å². The highest BCUT2D eigenvalue weighted by Crippen LogP contribution is 2.25. The van der Waals surface area contributed by atoms with Crippen LogP contribution in [0, 0.1) is 12.3 Å². The predicted octanol–water partition coefficient (Wildman–Crippen LogP) is 2.75. The molecular weight excluding hydrogens is 276 g/mol. The molecule has 0 aliphatic rings. The van der Waals surface area contributed by atoms with Crippen LogP contribution in [0.25, 0.3) is 0 Å². The van der Waals surface area contributed by atoms with E-state index in [-0.39, 0.29) is 12.6 Å². The fourth-order valence-electron chi connectivity index (χ4n) is 1.94. The molecule has 0 saturated carbocycles. The van der Waals surface area contributed by atoms with Crippen LogP contribution in [0.1, 0.15) is 37.1 Å². The molecule has 20 heavy (non-hydrogen) atoms. The minimum Gasteiger partial charge on any atom is -0.481 e. The summed E-state index contributed by atoms with van der Waals surface area (Å²) in [4.78, 5) is 24.2. The number of nitrogens with one attached hydrogen (secondary N) is 2. The number of rotatable bonds is 7. The van der Waals surface area contributed by atoms with Crippen molar-refractivity contribution in [2.24, 2.45) is 5.41 Å². The third-order valence-corrected chi connectivity index (χ3v) is 4.80. The second kappa shape index (κ2) is 7.28. The van der Waals surface area contributed by atoms with Crippen molar-refractivity contribution in [2.45, 2.75) is 40.2 Å². The quantitative estimate of drug-likeness (QED) is 0.724. The predicted molar refractivity (Wildman–Crippen MR) is 79.9 cm³/mol. The molecule has 0 bridgehead atoms. The molecule has 6 heteroatoms. The van der Waals surface area contributed by atoms with Gasteiger partial charge in [-0.25, -0.2) is 4.79 Å². The van der Waals surface area contributed by atoms with Crippen LogP contribution < -0.4 is 10.6 Å². The monoisotopic (exact) mass is 298 g/mol. The first-order chi connectivity index (χ1) is 9.45. The third kappa shape index (κ3) is 3.96. The van der Waals surface area contributed by atoms with E-state index in [0.717, 1.165) is 10.4 Å². The highest BCUT2D eigenvalue weighted by atomic mass is 32.1. The Balaban J connectivity index is 2.46. The second-order valence-corrected chi connectivity index (χ2v) is 5.86. The van der Waals surface area contributed by atoms with Crippen LogP contribution in [-0.2, 0) is 11.3 Å². The van der Waals surface area contributed by atoms with Gasteiger partial charge < -0.3 is 15.7 Å². The average Bonchev–Trinajstić information content (AvgIpc) is 2.83. The lowest BCUT2D eigenvalue weighted by atomic mass is 9.82. The maximum atomic E-state index is 11.7. The van der Waals surface area contributed by atoms with Gasteiger partial charge in [0, 0.05) is 11.4 Å². The molecule has 1 aromatic heterocycles. The normalized spacial score (nSPS) is 11.2. The zero-order valence-corrected chi connectivity index (χ0v) is 13.0. The van der Waals surface area contributed by atoms with Gasteiger partial charge in [-0.2, -0.15) is 0 Å². The van der Waals surface area contributed by atoms with E-state index >= 15 is 0 Å². The van der Waals surface area contributed by atoms with Gasteiger partial charge in [0.15, 0.2) is 0 Å². The van der Waals surface area contributed by atoms with Gasteiger partial charge in [-0.05, 0) is 36.8 Å². The van der Waals surface area contributed by atoms with E-state index in [0.29, 0.717) is 19.4 Å². The van der Waals surface area contributed by atoms with Gasteiger partial charge in [-0.3, -0.25) is 4.79 Å². The van der Waals surface area contributed by atoms with Gasteiger partial charge in [-0.1, -0.05) is 13.8 Å². The molecule has 0 aliphatic heterocycles. The summed E-state index contributed by atoms with van der Waals surface area (Å²) < 4.78 is 0. The summed E-state index contributed by atoms with van der Waals surface area (Å²) in [5.74, 6) is -0.864. The lowest BCUT2D eigenvalue weighted by Crippen LogP contribution is -2.45. The van der Waals surface area contributed by atoms with Crippen molar-refractivity contribution in [3.8, 4) is 0 Å². The topological polar surface area (TPSA) is 78.4 Å². The van der Waals surface area contributed by atoms with Crippen molar-refractivity contribution in [3.63, 3.8) is 0 Å². The van der Waals surface area contributed by atoms with Crippen molar-refractivity contribution in [2.75, 3.05) is 6.54 Å². The van der Waals surface area contributed by atoms with E-state index < -0.39 is 11.4 Å². The number of urea groups is 1. The van der Waals surface area contributed by atoms with E-state index in [2.05, 4.69) is 10.6 Å². The maximum Gasteiger partial charge on any atom is 0.315 e. The van der Waals surface area contributed by atoms with Crippen LogP contribution in [0.4, 0.5) is 4.79 Å². The molecular formula is C14H22N2O3S. The maximum absolute atomic E-state index is 11.7. The zero-order valence-electron chi connectivity index (χ0n) is 12.2. The molecule has 5 nitrogen and oxygen atoms in total. The highest BCUT2D eigenvalue weighted by molar-refractivity contribution is 7.10. The van der Waals surface area contributed by atoms with Gasteiger partial charge in [-0.15, -0.1) is 11.3 Å². The number of carbonyl (C=O) groups excluding carboxylic acids is 1. The first-order valence-corrected chi connectivity index (χ1v) is 7.61. The molecule has 0 saturated heterocycles. The van der Waals surface area contributed by atoms with Crippen LogP contribution in [0.2, 0.25) is 0 Å². The molecule has 1 rings (SSSR count). The molecule has 3 N–H and O–H groups in total. The molecule has 1 heterocycles. The second-order valence-electron chi connectivity index (χ2n) is 4.86. The third-order valence-electron chi connectivity index (χ3n) is 3.77. The molecule has 0 aliphatic carbocycles. The molecule has 112 valence electrons. The zero-order chi connectivity index (χ0) is 15.2. The summed E-state index contributed by atoms with van der Waals surface area (Å²) in [5, 5.41) is 16.7. The van der Waals surface area contributed by atoms with Gasteiger partial charge in [0.05, 0.1) is 12.0 Å². The van der Waals surface area contributed by atoms with Crippen LogP contribution in [-0.4, -0.2) is 23.7 Å². The first-order valence-electron chi connectivity index (χ1n) is 6.73. The van der Waals surface area contributed by atoms with Crippen molar-refractivity contribution < 1.29 is 14.7 Å². The Morgan fingerprint density at radius 3 is 2.40 bits per heavy atom. The molecule has 1 aromatic rings. The number of amides is 2. The van der Waals surface area contributed by atoms with E-state index in [1.54, 1.807) is 11.3 Å². The van der Waals surface area contributed by atoms with E-state index in [1.807, 2.05) is 32.2 Å². The highest BCUT2D eigenvalue weighted by Gasteiger charge is 2.35. The van der Waals surface area contributed by atoms with E-state index in [9.17, 15) is 14.7 Å². The number of hydrogen-bond donors (Lipinski definition) is 3. The molecule has 0 spiro atoms. The lowest BCUT2D eigenvalue weighted by Gasteiger charge is -2.26. The number of carboxylic acid groups (broad SMARTS) is 1. The van der Waals surface area contributed by atoms with E-state index in [1.165, 1.54) is 0 Å². The summed E-state index contributed by atoms with van der Waals surface area (Å²) in [6, 6.07) is 1.67. The number of thiophene rings is 1. The Morgan fingerprint density at radius 2 is 1.95 bits per heavy atom. The molecule has 0 unspecified atom stereocenters. The number of carboxylic acids is 1. The van der Waals surface area contributed by atoms with Crippen molar-refractivity contribution >= 4 is 23.3 Å². The summed E-state index contributed by atoms with van der Waals surface area (Å²) >= 11 is 1.59. The molecule has 0 atom stereocenters. The minimum atomic E-state index is -0.879. The van der Waals surface area contributed by atoms with Gasteiger partial charge in [0.25, 0.3) is 0 Å². The van der Waals surface area contributed by atoms with E-state index in [4.69, 9.17) is 0 Å². The average molecular weight is 298 g/mol. The van der Waals surface area contributed by atoms with Gasteiger partial charge in [0.2, 0.25) is 0 Å². The molecule has 0 aromatic carbocycles. The van der Waals surface area contributed by atoms with Crippen molar-refractivity contribution in [1.29, 1.82) is 0 Å². The fraction of sp³-hybridized carbons (Fsp3) is 0.571. The number of aryl methyl sites for hydroxylation is 1. The number of aliphatic carboxylic acids is 1. The summed E-state index contributed by atoms with van der Waals surface area (Å²) in [5.41, 5.74) is 0.271. The summed E-state index contributed by atoms with van der Waals surface area (Å²) in [6.45, 7) is 6.26. The van der Waals surface area contributed by atoms with Crippen LogP contribution in [0.5, 0.6) is 0 Å². The number of hydrogen-bond acceptors (Lipinski definition) is 3. The Morgan fingerprint density at radius 1 is 1.30 bits per heavy atom. The lowest BCUT2D eigenvalue weighted by molar-refractivity contribution is -0.149. The van der Waals surface area contributed by atoms with Crippen LogP contribution in [0.3, 0.4) is 0 Å². The largest absolute Gasteiger partial charge is 0.481 e. The Bertz CT molecular complexity index is 467. The van der Waals surface area contributed by atoms with Crippen LogP contribution in [0.15, 0.2) is 11.4 Å². The van der Waals surface area contributed by atoms with Gasteiger partial charge >= 0.3 is 12.0 Å². The smallest absolute Gasteiger partial charge is 0.315 e. The van der Waals surface area contributed by atoms with Crippen molar-refractivity contribution in [1.82, 2.24) is 10.6 Å². The molecule has 2 amide bonds. The SMILES string of the molecule is CCC(CC)(CNC(=O)NCc1sccc1C)C(=O)O. The Kier molecular flexibility index (Phi) is 6.01. The molecule has 0 radical (unpaired) electrons. The first kappa shape index (κ1) is 16.5. The summed E-state index contributed by atoms with van der Waals surface area (Å²) in [7, 11) is 0. The standard InChI is InChI=1S/C14H22N2O3S/c1-4-14(5-2,12(17)18)9-16-13(19)15-8-11-10(3)6-7-20-11/h6-7H,4-5,8-9H2,1-3H3,(H,17,18)(H2,15,16,19). The van der Waals surface area contributed by atoms with Gasteiger partial charge in [0.1, 0.15) is 0 Å².